The Labute approximate surface area is 118 Å². The van der Waals surface area contributed by atoms with E-state index in [-0.39, 0.29) is 23.7 Å². The molecule has 0 amide bonds. The monoisotopic (exact) mass is 280 g/mol. The molecule has 1 unspecified atom stereocenters. The van der Waals surface area contributed by atoms with Gasteiger partial charge in [-0.2, -0.15) is 0 Å². The van der Waals surface area contributed by atoms with Crippen molar-refractivity contribution in [2.24, 2.45) is 5.92 Å². The molecule has 4 nitrogen and oxygen atoms in total. The summed E-state index contributed by atoms with van der Waals surface area (Å²) in [5.74, 6) is -0.303. The van der Waals surface area contributed by atoms with Crippen LogP contribution in [0.25, 0.3) is 0 Å². The number of hydrogen-bond donors (Lipinski definition) is 1. The fraction of sp³-hybridized carbons (Fsp3) is 0.533. The molecule has 0 aromatic heterocycles. The van der Waals surface area contributed by atoms with Gasteiger partial charge in [0.05, 0.1) is 17.9 Å². The maximum Gasteiger partial charge on any atom is 0.340 e. The van der Waals surface area contributed by atoms with Crippen molar-refractivity contribution in [3.63, 3.8) is 0 Å². The van der Waals surface area contributed by atoms with Crippen molar-refractivity contribution >= 4 is 17.3 Å². The summed E-state index contributed by atoms with van der Waals surface area (Å²) in [6.07, 6.45) is 2.13. The van der Waals surface area contributed by atoms with Gasteiger partial charge >= 0.3 is 5.97 Å². The molecule has 5 heteroatoms. The minimum absolute atomic E-state index is 0.121. The zero-order chi connectivity index (χ0) is 14.7. The highest BCUT2D eigenvalue weighted by Crippen LogP contribution is 2.31. The Hall–Kier alpha value is -1.78. The standard InChI is InChI=1S/C15H21FN2O2/c1-3-10-5-6-18(9-10)14-7-11(15(19)20-4-2)13(17)8-12(14)16/h7-8,10H,3-6,9,17H2,1-2H3. The molecule has 0 radical (unpaired) electrons. The van der Waals surface area contributed by atoms with Gasteiger partial charge in [-0.05, 0) is 31.4 Å². The fourth-order valence-corrected chi connectivity index (χ4v) is 2.59. The summed E-state index contributed by atoms with van der Waals surface area (Å²) in [6.45, 7) is 5.76. The van der Waals surface area contributed by atoms with Gasteiger partial charge < -0.3 is 15.4 Å². The second-order valence-corrected chi connectivity index (χ2v) is 5.12. The largest absolute Gasteiger partial charge is 0.462 e. The molecule has 110 valence electrons. The molecular formula is C15H21FN2O2. The number of carbonyl (C=O) groups is 1. The first-order valence-electron chi connectivity index (χ1n) is 7.07. The summed E-state index contributed by atoms with van der Waals surface area (Å²) in [5.41, 5.74) is 6.52. The molecule has 2 rings (SSSR count). The fourth-order valence-electron chi connectivity index (χ4n) is 2.59. The van der Waals surface area contributed by atoms with E-state index in [2.05, 4.69) is 6.92 Å². The molecule has 20 heavy (non-hydrogen) atoms. The Morgan fingerprint density at radius 2 is 2.25 bits per heavy atom. The maximum absolute atomic E-state index is 14.1. The lowest BCUT2D eigenvalue weighted by atomic mass is 10.1. The molecule has 1 aromatic rings. The van der Waals surface area contributed by atoms with Crippen LogP contribution in [0.15, 0.2) is 12.1 Å². The first-order valence-corrected chi connectivity index (χ1v) is 7.07. The van der Waals surface area contributed by atoms with E-state index < -0.39 is 5.97 Å². The van der Waals surface area contributed by atoms with Gasteiger partial charge in [0.1, 0.15) is 5.82 Å². The third kappa shape index (κ3) is 2.86. The number of benzene rings is 1. The summed E-state index contributed by atoms with van der Waals surface area (Å²) >= 11 is 0. The van der Waals surface area contributed by atoms with Crippen LogP contribution in [0.2, 0.25) is 0 Å². The quantitative estimate of drug-likeness (QED) is 0.680. The van der Waals surface area contributed by atoms with Gasteiger partial charge in [-0.15, -0.1) is 0 Å². The number of nitrogen functional groups attached to an aromatic ring is 1. The predicted octanol–water partition coefficient (Wildman–Crippen LogP) is 2.82. The van der Waals surface area contributed by atoms with E-state index >= 15 is 0 Å². The molecule has 1 aromatic carbocycles. The molecule has 0 bridgehead atoms. The second kappa shape index (κ2) is 6.11. The lowest BCUT2D eigenvalue weighted by molar-refractivity contribution is 0.0527. The average molecular weight is 280 g/mol. The van der Waals surface area contributed by atoms with Gasteiger partial charge in [0.2, 0.25) is 0 Å². The molecule has 1 aliphatic rings. The highest BCUT2D eigenvalue weighted by molar-refractivity contribution is 5.96. The van der Waals surface area contributed by atoms with Crippen LogP contribution in [0.1, 0.15) is 37.0 Å². The topological polar surface area (TPSA) is 55.6 Å². The van der Waals surface area contributed by atoms with Gasteiger partial charge in [0.15, 0.2) is 0 Å². The molecular weight excluding hydrogens is 259 g/mol. The van der Waals surface area contributed by atoms with E-state index in [0.29, 0.717) is 11.6 Å². The number of ether oxygens (including phenoxy) is 1. The first-order chi connectivity index (χ1) is 9.56. The molecule has 2 N–H and O–H groups in total. The molecule has 0 aliphatic carbocycles. The van der Waals surface area contributed by atoms with Crippen LogP contribution >= 0.6 is 0 Å². The number of nitrogens with zero attached hydrogens (tertiary/aromatic N) is 1. The van der Waals surface area contributed by atoms with Crippen LogP contribution in [0.4, 0.5) is 15.8 Å². The Bertz CT molecular complexity index is 505. The highest BCUT2D eigenvalue weighted by Gasteiger charge is 2.25. The zero-order valence-corrected chi connectivity index (χ0v) is 12.0. The van der Waals surface area contributed by atoms with Gasteiger partial charge in [0, 0.05) is 18.8 Å². The van der Waals surface area contributed by atoms with Gasteiger partial charge in [-0.3, -0.25) is 0 Å². The van der Waals surface area contributed by atoms with Crippen molar-refractivity contribution in [3.05, 3.63) is 23.5 Å². The zero-order valence-electron chi connectivity index (χ0n) is 12.0. The van der Waals surface area contributed by atoms with Crippen molar-refractivity contribution in [3.8, 4) is 0 Å². The van der Waals surface area contributed by atoms with Crippen molar-refractivity contribution in [2.75, 3.05) is 30.3 Å². The Morgan fingerprint density at radius 1 is 1.50 bits per heavy atom. The SMILES string of the molecule is CCOC(=O)c1cc(N2CCC(CC)C2)c(F)cc1N. The third-order valence-electron chi connectivity index (χ3n) is 3.82. The number of esters is 1. The Balaban J connectivity index is 2.29. The van der Waals surface area contributed by atoms with Crippen molar-refractivity contribution in [1.82, 2.24) is 0 Å². The van der Waals surface area contributed by atoms with Crippen LogP contribution in [0, 0.1) is 11.7 Å². The molecule has 1 saturated heterocycles. The van der Waals surface area contributed by atoms with Crippen molar-refractivity contribution in [2.45, 2.75) is 26.7 Å². The van der Waals surface area contributed by atoms with Crippen LogP contribution in [0.3, 0.4) is 0 Å². The Morgan fingerprint density at radius 3 is 2.85 bits per heavy atom. The lowest BCUT2D eigenvalue weighted by Gasteiger charge is -2.20. The molecule has 0 saturated carbocycles. The maximum atomic E-state index is 14.1. The minimum atomic E-state index is -0.502. The van der Waals surface area contributed by atoms with Crippen molar-refractivity contribution < 1.29 is 13.9 Å². The lowest BCUT2D eigenvalue weighted by Crippen LogP contribution is -2.22. The summed E-state index contributed by atoms with van der Waals surface area (Å²) in [7, 11) is 0. The Kier molecular flexibility index (Phi) is 4.47. The first kappa shape index (κ1) is 14.6. The molecule has 1 heterocycles. The summed E-state index contributed by atoms with van der Waals surface area (Å²) < 4.78 is 19.0. The van der Waals surface area contributed by atoms with Gasteiger partial charge in [0.25, 0.3) is 0 Å². The molecule has 1 atom stereocenters. The van der Waals surface area contributed by atoms with Crippen LogP contribution in [-0.2, 0) is 4.74 Å². The van der Waals surface area contributed by atoms with Crippen LogP contribution < -0.4 is 10.6 Å². The minimum Gasteiger partial charge on any atom is -0.462 e. The van der Waals surface area contributed by atoms with E-state index in [0.717, 1.165) is 25.9 Å². The summed E-state index contributed by atoms with van der Waals surface area (Å²) in [6, 6.07) is 2.72. The summed E-state index contributed by atoms with van der Waals surface area (Å²) in [5, 5.41) is 0. The van der Waals surface area contributed by atoms with Gasteiger partial charge in [-0.25, -0.2) is 9.18 Å². The number of carbonyl (C=O) groups excluding carboxylic acids is 1. The molecule has 1 fully saturated rings. The highest BCUT2D eigenvalue weighted by atomic mass is 19.1. The number of nitrogens with two attached hydrogens (primary N) is 1. The normalized spacial score (nSPS) is 18.4. The smallest absolute Gasteiger partial charge is 0.340 e. The molecule has 0 spiro atoms. The van der Waals surface area contributed by atoms with Crippen LogP contribution in [0.5, 0.6) is 0 Å². The van der Waals surface area contributed by atoms with E-state index in [4.69, 9.17) is 10.5 Å². The van der Waals surface area contributed by atoms with Gasteiger partial charge in [-0.1, -0.05) is 13.3 Å². The third-order valence-corrected chi connectivity index (χ3v) is 3.82. The average Bonchev–Trinajstić information content (AvgIpc) is 2.87. The van der Waals surface area contributed by atoms with Crippen LogP contribution in [-0.4, -0.2) is 25.7 Å². The molecule has 1 aliphatic heterocycles. The van der Waals surface area contributed by atoms with E-state index in [1.807, 2.05) is 4.90 Å². The second-order valence-electron chi connectivity index (χ2n) is 5.12. The number of rotatable bonds is 4. The number of hydrogen-bond acceptors (Lipinski definition) is 4. The van der Waals surface area contributed by atoms with E-state index in [1.165, 1.54) is 12.1 Å². The number of anilines is 2. The summed E-state index contributed by atoms with van der Waals surface area (Å²) in [4.78, 5) is 13.8. The predicted molar refractivity (Wildman–Crippen MR) is 77.4 cm³/mol. The van der Waals surface area contributed by atoms with E-state index in [9.17, 15) is 9.18 Å². The van der Waals surface area contributed by atoms with E-state index in [1.54, 1.807) is 6.92 Å². The number of halogens is 1. The van der Waals surface area contributed by atoms with Crippen molar-refractivity contribution in [1.29, 1.82) is 0 Å².